The van der Waals surface area contributed by atoms with E-state index in [1.807, 2.05) is 0 Å². The highest BCUT2D eigenvalue weighted by Crippen LogP contribution is 2.19. The standard InChI is InChI=1S/C11H23NSi/c1-5-13(3,4)11(2)12-9-7-6-8-10-12/h5,11H,1,6-10H2,2-4H3. The molecule has 1 nitrogen and oxygen atoms in total. The number of rotatable bonds is 3. The van der Waals surface area contributed by atoms with Crippen LogP contribution in [-0.2, 0) is 0 Å². The first-order valence-corrected chi connectivity index (χ1v) is 8.61. The van der Waals surface area contributed by atoms with Crippen LogP contribution in [0.1, 0.15) is 26.2 Å². The quantitative estimate of drug-likeness (QED) is 0.629. The topological polar surface area (TPSA) is 3.24 Å². The Morgan fingerprint density at radius 1 is 1.23 bits per heavy atom. The van der Waals surface area contributed by atoms with Gasteiger partial charge in [0, 0.05) is 5.67 Å². The van der Waals surface area contributed by atoms with E-state index in [4.69, 9.17) is 0 Å². The Morgan fingerprint density at radius 3 is 2.23 bits per heavy atom. The monoisotopic (exact) mass is 197 g/mol. The summed E-state index contributed by atoms with van der Waals surface area (Å²) < 4.78 is 0. The van der Waals surface area contributed by atoms with Crippen LogP contribution in [0.25, 0.3) is 0 Å². The van der Waals surface area contributed by atoms with Crippen molar-refractivity contribution in [2.75, 3.05) is 13.1 Å². The summed E-state index contributed by atoms with van der Waals surface area (Å²) in [5.41, 5.74) is 3.00. The lowest BCUT2D eigenvalue weighted by atomic mass is 10.1. The number of hydrogen-bond acceptors (Lipinski definition) is 1. The van der Waals surface area contributed by atoms with Gasteiger partial charge in [0.05, 0.1) is 8.07 Å². The second-order valence-corrected chi connectivity index (χ2v) is 9.68. The summed E-state index contributed by atoms with van der Waals surface area (Å²) in [6.45, 7) is 13.8. The van der Waals surface area contributed by atoms with E-state index in [-0.39, 0.29) is 0 Å². The van der Waals surface area contributed by atoms with E-state index in [1.54, 1.807) is 0 Å². The first kappa shape index (κ1) is 11.0. The molecule has 0 radical (unpaired) electrons. The predicted molar refractivity (Wildman–Crippen MR) is 62.6 cm³/mol. The first-order valence-electron chi connectivity index (χ1n) is 5.45. The van der Waals surface area contributed by atoms with Gasteiger partial charge in [0.15, 0.2) is 0 Å². The molecule has 1 heterocycles. The van der Waals surface area contributed by atoms with Crippen molar-refractivity contribution < 1.29 is 0 Å². The van der Waals surface area contributed by atoms with Gasteiger partial charge in [-0.05, 0) is 25.9 Å². The van der Waals surface area contributed by atoms with Crippen LogP contribution in [0, 0.1) is 0 Å². The van der Waals surface area contributed by atoms with Crippen molar-refractivity contribution in [2.45, 2.75) is 44.9 Å². The predicted octanol–water partition coefficient (Wildman–Crippen LogP) is 2.83. The van der Waals surface area contributed by atoms with Crippen molar-refractivity contribution in [1.29, 1.82) is 0 Å². The fourth-order valence-electron chi connectivity index (χ4n) is 1.95. The van der Waals surface area contributed by atoms with E-state index in [0.29, 0.717) is 0 Å². The average molecular weight is 197 g/mol. The van der Waals surface area contributed by atoms with Crippen molar-refractivity contribution in [1.82, 2.24) is 4.90 Å². The molecule has 76 valence electrons. The third-order valence-electron chi connectivity index (χ3n) is 3.54. The summed E-state index contributed by atoms with van der Waals surface area (Å²) in [4.78, 5) is 2.66. The molecule has 0 aromatic rings. The van der Waals surface area contributed by atoms with Crippen LogP contribution in [-0.4, -0.2) is 31.7 Å². The van der Waals surface area contributed by atoms with Crippen LogP contribution in [0.5, 0.6) is 0 Å². The molecule has 1 saturated heterocycles. The highest BCUT2D eigenvalue weighted by molar-refractivity contribution is 6.83. The van der Waals surface area contributed by atoms with Gasteiger partial charge >= 0.3 is 0 Å². The lowest BCUT2D eigenvalue weighted by Crippen LogP contribution is -2.51. The maximum absolute atomic E-state index is 3.98. The fraction of sp³-hybridized carbons (Fsp3) is 0.818. The molecule has 0 amide bonds. The van der Waals surface area contributed by atoms with Gasteiger partial charge in [-0.25, -0.2) is 0 Å². The van der Waals surface area contributed by atoms with Crippen LogP contribution >= 0.6 is 0 Å². The second kappa shape index (κ2) is 4.42. The van der Waals surface area contributed by atoms with Crippen LogP contribution in [0.4, 0.5) is 0 Å². The number of nitrogens with zero attached hydrogens (tertiary/aromatic N) is 1. The Bertz CT molecular complexity index is 171. The normalized spacial score (nSPS) is 22.7. The number of likely N-dealkylation sites (tertiary alicyclic amines) is 1. The minimum absolute atomic E-state index is 0.769. The molecule has 1 aliphatic rings. The van der Waals surface area contributed by atoms with E-state index in [9.17, 15) is 0 Å². The summed E-state index contributed by atoms with van der Waals surface area (Å²) in [7, 11) is -1.18. The molecule has 2 heteroatoms. The zero-order valence-electron chi connectivity index (χ0n) is 9.34. The van der Waals surface area contributed by atoms with Gasteiger partial charge in [0.1, 0.15) is 0 Å². The molecule has 1 unspecified atom stereocenters. The zero-order valence-corrected chi connectivity index (χ0v) is 10.3. The number of piperidine rings is 1. The van der Waals surface area contributed by atoms with E-state index in [2.05, 4.69) is 37.2 Å². The van der Waals surface area contributed by atoms with Gasteiger partial charge in [-0.3, -0.25) is 0 Å². The Balaban J connectivity index is 2.54. The largest absolute Gasteiger partial charge is 0.303 e. The summed E-state index contributed by atoms with van der Waals surface area (Å²) in [6, 6.07) is 0. The third kappa shape index (κ3) is 2.68. The third-order valence-corrected chi connectivity index (χ3v) is 7.11. The molecular weight excluding hydrogens is 174 g/mol. The maximum Gasteiger partial charge on any atom is 0.0890 e. The molecule has 0 saturated carbocycles. The Labute approximate surface area is 83.8 Å². The van der Waals surface area contributed by atoms with Gasteiger partial charge in [-0.15, -0.1) is 12.3 Å². The minimum Gasteiger partial charge on any atom is -0.303 e. The fourth-order valence-corrected chi connectivity index (χ4v) is 3.49. The number of hydrogen-bond donors (Lipinski definition) is 0. The average Bonchev–Trinajstić information content (AvgIpc) is 2.18. The summed E-state index contributed by atoms with van der Waals surface area (Å²) in [6.07, 6.45) is 4.22. The molecule has 1 aliphatic heterocycles. The van der Waals surface area contributed by atoms with E-state index >= 15 is 0 Å². The first-order chi connectivity index (χ1) is 6.08. The van der Waals surface area contributed by atoms with Crippen LogP contribution < -0.4 is 0 Å². The smallest absolute Gasteiger partial charge is 0.0890 e. The highest BCUT2D eigenvalue weighted by atomic mass is 28.3. The molecule has 13 heavy (non-hydrogen) atoms. The Morgan fingerprint density at radius 2 is 1.77 bits per heavy atom. The van der Waals surface area contributed by atoms with Gasteiger partial charge in [0.25, 0.3) is 0 Å². The van der Waals surface area contributed by atoms with Gasteiger partial charge in [0.2, 0.25) is 0 Å². The molecule has 0 aromatic heterocycles. The van der Waals surface area contributed by atoms with Crippen molar-refractivity contribution in [3.63, 3.8) is 0 Å². The van der Waals surface area contributed by atoms with Gasteiger partial charge in [-0.2, -0.15) is 0 Å². The molecule has 0 bridgehead atoms. The molecule has 0 aromatic carbocycles. The Kier molecular flexibility index (Phi) is 3.74. The Hall–Kier alpha value is -0.0831. The van der Waals surface area contributed by atoms with Crippen molar-refractivity contribution in [3.8, 4) is 0 Å². The molecule has 1 rings (SSSR count). The van der Waals surface area contributed by atoms with Crippen molar-refractivity contribution in [2.24, 2.45) is 0 Å². The molecule has 0 spiro atoms. The summed E-state index contributed by atoms with van der Waals surface area (Å²) in [5, 5.41) is 0. The maximum atomic E-state index is 3.98. The molecule has 0 aliphatic carbocycles. The summed E-state index contributed by atoms with van der Waals surface area (Å²) in [5.74, 6) is 0. The van der Waals surface area contributed by atoms with Crippen molar-refractivity contribution >= 4 is 8.07 Å². The highest BCUT2D eigenvalue weighted by Gasteiger charge is 2.30. The molecule has 1 atom stereocenters. The van der Waals surface area contributed by atoms with E-state index in [1.165, 1.54) is 32.4 Å². The van der Waals surface area contributed by atoms with Crippen molar-refractivity contribution in [3.05, 3.63) is 12.3 Å². The molecule has 0 N–H and O–H groups in total. The van der Waals surface area contributed by atoms with E-state index in [0.717, 1.165) is 5.67 Å². The van der Waals surface area contributed by atoms with Crippen LogP contribution in [0.3, 0.4) is 0 Å². The second-order valence-electron chi connectivity index (χ2n) is 4.80. The summed E-state index contributed by atoms with van der Waals surface area (Å²) >= 11 is 0. The van der Waals surface area contributed by atoms with Crippen LogP contribution in [0.15, 0.2) is 12.3 Å². The van der Waals surface area contributed by atoms with Gasteiger partial charge < -0.3 is 4.90 Å². The van der Waals surface area contributed by atoms with Crippen LogP contribution in [0.2, 0.25) is 13.1 Å². The van der Waals surface area contributed by atoms with Gasteiger partial charge in [-0.1, -0.05) is 26.4 Å². The SMILES string of the molecule is C=C[Si](C)(C)C(C)N1CCCCC1. The lowest BCUT2D eigenvalue weighted by molar-refractivity contribution is 0.213. The molecule has 1 fully saturated rings. The molecular formula is C11H23NSi. The van der Waals surface area contributed by atoms with E-state index < -0.39 is 8.07 Å². The minimum atomic E-state index is -1.18. The lowest BCUT2D eigenvalue weighted by Gasteiger charge is -2.39. The zero-order chi connectivity index (χ0) is 9.90.